The van der Waals surface area contributed by atoms with E-state index in [0.717, 1.165) is 16.3 Å². The fourth-order valence-corrected chi connectivity index (χ4v) is 4.53. The fourth-order valence-electron chi connectivity index (χ4n) is 4.35. The summed E-state index contributed by atoms with van der Waals surface area (Å²) in [5, 5.41) is 15.3. The number of ether oxygens (including phenoxy) is 1. The molecule has 10 nitrogen and oxygen atoms in total. The van der Waals surface area contributed by atoms with Crippen LogP contribution in [-0.4, -0.2) is 71.6 Å². The smallest absolute Gasteiger partial charge is 0.289 e. The molecular formula is C29H25ClN4O6. The molecule has 1 saturated heterocycles. The van der Waals surface area contributed by atoms with Crippen LogP contribution < -0.4 is 10.2 Å². The number of phenolic OH excluding ortho intramolecular Hbond substituents is 1. The summed E-state index contributed by atoms with van der Waals surface area (Å²) >= 11 is 5.87. The molecule has 204 valence electrons. The van der Waals surface area contributed by atoms with Crippen molar-refractivity contribution in [3.8, 4) is 11.5 Å². The minimum atomic E-state index is -0.480. The van der Waals surface area contributed by atoms with Crippen LogP contribution in [0, 0.1) is 0 Å². The first-order chi connectivity index (χ1) is 19.4. The van der Waals surface area contributed by atoms with E-state index in [4.69, 9.17) is 20.8 Å². The first-order valence-electron chi connectivity index (χ1n) is 12.5. The van der Waals surface area contributed by atoms with Gasteiger partial charge in [-0.3, -0.25) is 14.4 Å². The van der Waals surface area contributed by atoms with E-state index in [2.05, 4.69) is 10.5 Å². The predicted molar refractivity (Wildman–Crippen MR) is 149 cm³/mol. The number of rotatable bonds is 7. The van der Waals surface area contributed by atoms with E-state index >= 15 is 0 Å². The number of nitrogens with one attached hydrogen (secondary N) is 1. The Kier molecular flexibility index (Phi) is 7.97. The average molecular weight is 561 g/mol. The molecule has 5 rings (SSSR count). The summed E-state index contributed by atoms with van der Waals surface area (Å²) in [6.07, 6.45) is 2.97. The SMILES string of the molecule is O=C(N/N=C/c1ccc(OCC(=O)N2CCN(C(=O)c3ccco3)CC2)c2ccccc12)c1ccc(O)c(Cl)c1. The third-order valence-electron chi connectivity index (χ3n) is 6.50. The Hall–Kier alpha value is -4.83. The number of halogens is 1. The molecule has 1 aromatic heterocycles. The lowest BCUT2D eigenvalue weighted by Crippen LogP contribution is -2.51. The quantitative estimate of drug-likeness (QED) is 0.261. The molecule has 0 unspecified atom stereocenters. The Bertz CT molecular complexity index is 1580. The number of furan rings is 1. The van der Waals surface area contributed by atoms with E-state index in [0.29, 0.717) is 31.9 Å². The lowest BCUT2D eigenvalue weighted by molar-refractivity contribution is -0.134. The van der Waals surface area contributed by atoms with Gasteiger partial charge in [0.15, 0.2) is 12.4 Å². The molecule has 4 aromatic rings. The van der Waals surface area contributed by atoms with Crippen LogP contribution in [0.2, 0.25) is 5.02 Å². The van der Waals surface area contributed by atoms with E-state index in [1.165, 1.54) is 30.7 Å². The Balaban J connectivity index is 1.19. The molecule has 3 amide bonds. The van der Waals surface area contributed by atoms with E-state index in [1.807, 2.05) is 24.3 Å². The maximum Gasteiger partial charge on any atom is 0.289 e. The number of nitrogens with zero attached hydrogens (tertiary/aromatic N) is 3. The van der Waals surface area contributed by atoms with Crippen LogP contribution in [0.25, 0.3) is 10.8 Å². The molecule has 1 aliphatic heterocycles. The molecule has 0 aliphatic carbocycles. The van der Waals surface area contributed by atoms with Crippen LogP contribution in [0.3, 0.4) is 0 Å². The molecule has 0 bridgehead atoms. The monoisotopic (exact) mass is 560 g/mol. The summed E-state index contributed by atoms with van der Waals surface area (Å²) in [6.45, 7) is 1.51. The number of hydrazone groups is 1. The van der Waals surface area contributed by atoms with E-state index in [9.17, 15) is 19.5 Å². The molecule has 2 heterocycles. The number of amides is 3. The number of hydrogen-bond acceptors (Lipinski definition) is 7. The van der Waals surface area contributed by atoms with Crippen molar-refractivity contribution in [2.75, 3.05) is 32.8 Å². The van der Waals surface area contributed by atoms with Gasteiger partial charge in [0.05, 0.1) is 17.5 Å². The van der Waals surface area contributed by atoms with Gasteiger partial charge in [-0.1, -0.05) is 35.9 Å². The van der Waals surface area contributed by atoms with Crippen LogP contribution in [0.5, 0.6) is 11.5 Å². The molecule has 1 aliphatic rings. The van der Waals surface area contributed by atoms with Crippen LogP contribution in [0.1, 0.15) is 26.5 Å². The first kappa shape index (κ1) is 26.8. The Morgan fingerprint density at radius 3 is 2.45 bits per heavy atom. The molecule has 0 radical (unpaired) electrons. The number of piperazine rings is 1. The van der Waals surface area contributed by atoms with Gasteiger partial charge in [-0.15, -0.1) is 0 Å². The molecular weight excluding hydrogens is 536 g/mol. The zero-order valence-corrected chi connectivity index (χ0v) is 22.0. The van der Waals surface area contributed by atoms with Crippen molar-refractivity contribution in [3.63, 3.8) is 0 Å². The van der Waals surface area contributed by atoms with Crippen molar-refractivity contribution in [3.05, 3.63) is 94.9 Å². The van der Waals surface area contributed by atoms with E-state index < -0.39 is 5.91 Å². The van der Waals surface area contributed by atoms with Crippen molar-refractivity contribution >= 4 is 46.3 Å². The van der Waals surface area contributed by atoms with Crippen molar-refractivity contribution in [2.24, 2.45) is 5.10 Å². The maximum atomic E-state index is 12.8. The van der Waals surface area contributed by atoms with Gasteiger partial charge in [-0.05, 0) is 47.9 Å². The number of carbonyl (C=O) groups is 3. The third-order valence-corrected chi connectivity index (χ3v) is 6.80. The third kappa shape index (κ3) is 5.92. The number of phenols is 1. The highest BCUT2D eigenvalue weighted by Gasteiger charge is 2.26. The average Bonchev–Trinajstić information content (AvgIpc) is 3.53. The summed E-state index contributed by atoms with van der Waals surface area (Å²) in [6, 6.07) is 18.5. The molecule has 11 heteroatoms. The summed E-state index contributed by atoms with van der Waals surface area (Å²) in [5.74, 6) is -0.127. The van der Waals surface area contributed by atoms with Crippen LogP contribution in [0.15, 0.2) is 82.5 Å². The minimum Gasteiger partial charge on any atom is -0.506 e. The second kappa shape index (κ2) is 11.9. The zero-order chi connectivity index (χ0) is 28.1. The first-order valence-corrected chi connectivity index (χ1v) is 12.9. The number of fused-ring (bicyclic) bond motifs is 1. The Morgan fingerprint density at radius 2 is 1.73 bits per heavy atom. The molecule has 2 N–H and O–H groups in total. The van der Waals surface area contributed by atoms with Gasteiger partial charge in [0.1, 0.15) is 11.5 Å². The lowest BCUT2D eigenvalue weighted by atomic mass is 10.0. The minimum absolute atomic E-state index is 0.0686. The van der Waals surface area contributed by atoms with Crippen molar-refractivity contribution in [1.82, 2.24) is 15.2 Å². The van der Waals surface area contributed by atoms with E-state index in [-0.39, 0.29) is 40.5 Å². The Morgan fingerprint density at radius 1 is 0.975 bits per heavy atom. The summed E-state index contributed by atoms with van der Waals surface area (Å²) in [4.78, 5) is 41.0. The van der Waals surface area contributed by atoms with E-state index in [1.54, 1.807) is 34.1 Å². The number of benzene rings is 3. The second-order valence-corrected chi connectivity index (χ2v) is 9.41. The van der Waals surface area contributed by atoms with Gasteiger partial charge in [0.25, 0.3) is 17.7 Å². The van der Waals surface area contributed by atoms with Crippen LogP contribution in [0.4, 0.5) is 0 Å². The van der Waals surface area contributed by atoms with Crippen molar-refractivity contribution < 1.29 is 28.6 Å². The maximum absolute atomic E-state index is 12.8. The topological polar surface area (TPSA) is 125 Å². The summed E-state index contributed by atoms with van der Waals surface area (Å²) < 4.78 is 11.1. The number of carbonyl (C=O) groups excluding carboxylic acids is 3. The van der Waals surface area contributed by atoms with Gasteiger partial charge in [0.2, 0.25) is 0 Å². The molecule has 0 spiro atoms. The van der Waals surface area contributed by atoms with Gasteiger partial charge in [-0.2, -0.15) is 5.10 Å². The highest BCUT2D eigenvalue weighted by atomic mass is 35.5. The summed E-state index contributed by atoms with van der Waals surface area (Å²) in [5.41, 5.74) is 3.43. The summed E-state index contributed by atoms with van der Waals surface area (Å²) in [7, 11) is 0. The van der Waals surface area contributed by atoms with Gasteiger partial charge in [-0.25, -0.2) is 5.43 Å². The highest BCUT2D eigenvalue weighted by Crippen LogP contribution is 2.28. The fraction of sp³-hybridized carbons (Fsp3) is 0.172. The number of hydrogen-bond donors (Lipinski definition) is 2. The predicted octanol–water partition coefficient (Wildman–Crippen LogP) is 3.92. The van der Waals surface area contributed by atoms with Gasteiger partial charge < -0.3 is 24.1 Å². The van der Waals surface area contributed by atoms with Crippen molar-refractivity contribution in [2.45, 2.75) is 0 Å². The molecule has 40 heavy (non-hydrogen) atoms. The lowest BCUT2D eigenvalue weighted by Gasteiger charge is -2.34. The highest BCUT2D eigenvalue weighted by molar-refractivity contribution is 6.32. The molecule has 3 aromatic carbocycles. The van der Waals surface area contributed by atoms with Gasteiger partial charge in [0, 0.05) is 42.7 Å². The van der Waals surface area contributed by atoms with Crippen molar-refractivity contribution in [1.29, 1.82) is 0 Å². The standard InChI is InChI=1S/C29H25ClN4O6/c30-23-16-19(7-9-24(23)35)28(37)32-31-17-20-8-10-25(22-5-2-1-4-21(20)22)40-18-27(36)33-11-13-34(14-12-33)29(38)26-6-3-15-39-26/h1-10,15-17,35H,11-14,18H2,(H,32,37)/b31-17+. The molecule has 0 saturated carbocycles. The normalized spacial score (nSPS) is 13.5. The second-order valence-electron chi connectivity index (χ2n) is 9.00. The largest absolute Gasteiger partial charge is 0.506 e. The van der Waals surface area contributed by atoms with Crippen LogP contribution in [-0.2, 0) is 4.79 Å². The zero-order valence-electron chi connectivity index (χ0n) is 21.2. The Labute approximate surface area is 234 Å². The van der Waals surface area contributed by atoms with Gasteiger partial charge >= 0.3 is 0 Å². The molecule has 0 atom stereocenters. The number of aromatic hydroxyl groups is 1. The van der Waals surface area contributed by atoms with Crippen LogP contribution >= 0.6 is 11.6 Å². The molecule has 1 fully saturated rings.